The Morgan fingerprint density at radius 3 is 2.54 bits per heavy atom. The largest absolute Gasteiger partial charge is 0.392 e. The molecule has 0 saturated heterocycles. The van der Waals surface area contributed by atoms with Crippen LogP contribution < -0.4 is 5.32 Å². The minimum Gasteiger partial charge on any atom is -0.392 e. The highest BCUT2D eigenvalue weighted by Crippen LogP contribution is 2.52. The van der Waals surface area contributed by atoms with Gasteiger partial charge in [0.2, 0.25) is 0 Å². The number of aliphatic hydroxyl groups excluding tert-OH is 1. The lowest BCUT2D eigenvalue weighted by Crippen LogP contribution is -2.50. The second-order valence-corrected chi connectivity index (χ2v) is 8.98. The molecule has 0 spiro atoms. The Morgan fingerprint density at radius 2 is 1.77 bits per heavy atom. The molecule has 26 heavy (non-hydrogen) atoms. The third-order valence-corrected chi connectivity index (χ3v) is 7.43. The number of fused-ring (bicyclic) bond motifs is 1. The van der Waals surface area contributed by atoms with Crippen molar-refractivity contribution in [2.45, 2.75) is 95.7 Å². The van der Waals surface area contributed by atoms with Gasteiger partial charge in [-0.1, -0.05) is 60.7 Å². The summed E-state index contributed by atoms with van der Waals surface area (Å²) in [5.41, 5.74) is 4.49. The summed E-state index contributed by atoms with van der Waals surface area (Å²) in [6.45, 7) is 2.35. The fourth-order valence-electron chi connectivity index (χ4n) is 5.97. The first kappa shape index (κ1) is 18.3. The van der Waals surface area contributed by atoms with Crippen LogP contribution in [-0.2, 0) is 6.42 Å². The van der Waals surface area contributed by atoms with Crippen molar-refractivity contribution in [3.63, 3.8) is 0 Å². The average molecular weight is 354 g/mol. The van der Waals surface area contributed by atoms with Crippen LogP contribution in [0.15, 0.2) is 41.5 Å². The molecule has 2 heteroatoms. The highest BCUT2D eigenvalue weighted by atomic mass is 16.3. The fraction of sp³-hybridized carbons (Fsp3) is 0.667. The number of hydrogen-bond donors (Lipinski definition) is 2. The van der Waals surface area contributed by atoms with E-state index in [0.29, 0.717) is 12.1 Å². The van der Waals surface area contributed by atoms with Crippen LogP contribution in [0.5, 0.6) is 0 Å². The summed E-state index contributed by atoms with van der Waals surface area (Å²) >= 11 is 0. The van der Waals surface area contributed by atoms with Crippen LogP contribution in [0.2, 0.25) is 0 Å². The molecule has 0 aliphatic heterocycles. The quantitative estimate of drug-likeness (QED) is 0.733. The molecule has 2 saturated carbocycles. The lowest BCUT2D eigenvalue weighted by Gasteiger charge is -2.50. The van der Waals surface area contributed by atoms with Gasteiger partial charge in [0.15, 0.2) is 0 Å². The average Bonchev–Trinajstić information content (AvgIpc) is 2.67. The molecule has 0 amide bonds. The second-order valence-electron chi connectivity index (χ2n) is 8.98. The van der Waals surface area contributed by atoms with Crippen LogP contribution in [0.3, 0.4) is 0 Å². The van der Waals surface area contributed by atoms with Crippen LogP contribution in [0.25, 0.3) is 0 Å². The molecule has 3 aliphatic carbocycles. The molecule has 1 aromatic carbocycles. The zero-order chi connectivity index (χ0) is 18.0. The Kier molecular flexibility index (Phi) is 5.52. The zero-order valence-electron chi connectivity index (χ0n) is 16.3. The third kappa shape index (κ3) is 3.51. The molecule has 4 rings (SSSR count). The van der Waals surface area contributed by atoms with Crippen molar-refractivity contribution < 1.29 is 5.11 Å². The third-order valence-electron chi connectivity index (χ3n) is 7.43. The SMILES string of the molecule is CC1=C2CCCC(O)C2(Cc2ccccc2)CCC1NC1CCCCC1. The van der Waals surface area contributed by atoms with Crippen LogP contribution in [0, 0.1) is 5.41 Å². The van der Waals surface area contributed by atoms with Gasteiger partial charge in [0.05, 0.1) is 6.10 Å². The number of nitrogens with one attached hydrogen (secondary N) is 1. The molecule has 0 radical (unpaired) electrons. The number of hydrogen-bond acceptors (Lipinski definition) is 2. The van der Waals surface area contributed by atoms with Crippen molar-refractivity contribution in [1.29, 1.82) is 0 Å². The Labute approximate surface area is 159 Å². The lowest BCUT2D eigenvalue weighted by molar-refractivity contribution is 0.00941. The highest BCUT2D eigenvalue weighted by Gasteiger charge is 2.47. The Bertz CT molecular complexity index is 631. The van der Waals surface area contributed by atoms with Crippen molar-refractivity contribution in [3.8, 4) is 0 Å². The van der Waals surface area contributed by atoms with Crippen LogP contribution >= 0.6 is 0 Å². The summed E-state index contributed by atoms with van der Waals surface area (Å²) in [6.07, 6.45) is 13.3. The van der Waals surface area contributed by atoms with Gasteiger partial charge in [-0.2, -0.15) is 0 Å². The van der Waals surface area contributed by atoms with Gasteiger partial charge in [-0.3, -0.25) is 0 Å². The van der Waals surface area contributed by atoms with Gasteiger partial charge in [0.1, 0.15) is 0 Å². The van der Waals surface area contributed by atoms with Crippen LogP contribution in [-0.4, -0.2) is 23.3 Å². The predicted octanol–water partition coefficient (Wildman–Crippen LogP) is 5.16. The van der Waals surface area contributed by atoms with E-state index >= 15 is 0 Å². The molecule has 1 aromatic rings. The molecule has 0 aromatic heterocycles. The van der Waals surface area contributed by atoms with E-state index in [-0.39, 0.29) is 11.5 Å². The van der Waals surface area contributed by atoms with E-state index < -0.39 is 0 Å². The minimum atomic E-state index is -0.183. The predicted molar refractivity (Wildman–Crippen MR) is 108 cm³/mol. The van der Waals surface area contributed by atoms with Crippen LogP contribution in [0.4, 0.5) is 0 Å². The molecule has 3 atom stereocenters. The summed E-state index contributed by atoms with van der Waals surface area (Å²) in [4.78, 5) is 0. The van der Waals surface area contributed by atoms with E-state index in [1.54, 1.807) is 11.1 Å². The summed E-state index contributed by atoms with van der Waals surface area (Å²) in [6, 6.07) is 12.1. The van der Waals surface area contributed by atoms with Gasteiger partial charge in [-0.05, 0) is 63.9 Å². The lowest BCUT2D eigenvalue weighted by atomic mass is 9.58. The normalized spacial score (nSPS) is 33.2. The molecule has 2 N–H and O–H groups in total. The van der Waals surface area contributed by atoms with Gasteiger partial charge < -0.3 is 10.4 Å². The highest BCUT2D eigenvalue weighted by molar-refractivity contribution is 5.34. The molecule has 2 fully saturated rings. The van der Waals surface area contributed by atoms with E-state index in [9.17, 15) is 5.11 Å². The molecule has 2 nitrogen and oxygen atoms in total. The van der Waals surface area contributed by atoms with E-state index in [1.807, 2.05) is 0 Å². The number of rotatable bonds is 4. The first-order valence-corrected chi connectivity index (χ1v) is 10.9. The Hall–Kier alpha value is -1.12. The maximum absolute atomic E-state index is 11.1. The molecule has 0 bridgehead atoms. The van der Waals surface area contributed by atoms with Crippen molar-refractivity contribution in [1.82, 2.24) is 5.32 Å². The fourth-order valence-corrected chi connectivity index (χ4v) is 5.97. The molecule has 3 aliphatic rings. The molecular formula is C24H35NO. The van der Waals surface area contributed by atoms with Gasteiger partial charge >= 0.3 is 0 Å². The van der Waals surface area contributed by atoms with Gasteiger partial charge in [-0.15, -0.1) is 0 Å². The molecular weight excluding hydrogens is 318 g/mol. The molecule has 142 valence electrons. The van der Waals surface area contributed by atoms with E-state index in [0.717, 1.165) is 25.7 Å². The second kappa shape index (κ2) is 7.86. The Morgan fingerprint density at radius 1 is 1.00 bits per heavy atom. The Balaban J connectivity index is 1.59. The van der Waals surface area contributed by atoms with Gasteiger partial charge in [-0.25, -0.2) is 0 Å². The van der Waals surface area contributed by atoms with Crippen molar-refractivity contribution >= 4 is 0 Å². The standard InChI is InChI=1S/C24H35NO/c1-18-21-13-8-14-23(26)24(21,17-19-9-4-2-5-10-19)16-15-22(18)25-20-11-6-3-7-12-20/h2,4-5,9-10,20,22-23,25-26H,3,6-8,11-17H2,1H3. The maximum Gasteiger partial charge on any atom is 0.0637 e. The summed E-state index contributed by atoms with van der Waals surface area (Å²) in [7, 11) is 0. The summed E-state index contributed by atoms with van der Waals surface area (Å²) in [5.74, 6) is 0. The number of aliphatic hydroxyl groups is 1. The molecule has 0 heterocycles. The molecule has 3 unspecified atom stereocenters. The monoisotopic (exact) mass is 353 g/mol. The maximum atomic E-state index is 11.1. The van der Waals surface area contributed by atoms with E-state index in [4.69, 9.17) is 0 Å². The topological polar surface area (TPSA) is 32.3 Å². The summed E-state index contributed by atoms with van der Waals surface area (Å²) < 4.78 is 0. The van der Waals surface area contributed by atoms with Gasteiger partial charge in [0.25, 0.3) is 0 Å². The van der Waals surface area contributed by atoms with Crippen LogP contribution in [0.1, 0.15) is 76.7 Å². The van der Waals surface area contributed by atoms with E-state index in [1.165, 1.54) is 50.5 Å². The number of benzene rings is 1. The smallest absolute Gasteiger partial charge is 0.0637 e. The first-order valence-electron chi connectivity index (χ1n) is 10.9. The van der Waals surface area contributed by atoms with Crippen molar-refractivity contribution in [2.24, 2.45) is 5.41 Å². The van der Waals surface area contributed by atoms with Crippen molar-refractivity contribution in [2.75, 3.05) is 0 Å². The zero-order valence-corrected chi connectivity index (χ0v) is 16.3. The minimum absolute atomic E-state index is 0.0194. The summed E-state index contributed by atoms with van der Waals surface area (Å²) in [5, 5.41) is 15.1. The van der Waals surface area contributed by atoms with E-state index in [2.05, 4.69) is 42.6 Å². The first-order chi connectivity index (χ1) is 12.7. The van der Waals surface area contributed by atoms with Crippen molar-refractivity contribution in [3.05, 3.63) is 47.0 Å². The van der Waals surface area contributed by atoms with Gasteiger partial charge in [0, 0.05) is 17.5 Å².